The molecule has 5 N–H and O–H groups in total. The average Bonchev–Trinajstić information content (AvgIpc) is 3.30. The number of phenolic OH excluding ortho intramolecular Hbond substituents is 1. The summed E-state index contributed by atoms with van der Waals surface area (Å²) < 4.78 is 16.9. The molecule has 6 atom stereocenters. The quantitative estimate of drug-likeness (QED) is 0.234. The summed E-state index contributed by atoms with van der Waals surface area (Å²) >= 11 is 0. The fraction of sp³-hybridized carbons (Fsp3) is 0.552. The van der Waals surface area contributed by atoms with Crippen molar-refractivity contribution in [2.24, 2.45) is 0 Å². The Labute approximate surface area is 247 Å². The van der Waals surface area contributed by atoms with E-state index >= 15 is 0 Å². The van der Waals surface area contributed by atoms with Crippen LogP contribution in [0.15, 0.2) is 24.0 Å². The van der Waals surface area contributed by atoms with Gasteiger partial charge in [0.25, 0.3) is 5.91 Å². The van der Waals surface area contributed by atoms with Crippen molar-refractivity contribution in [3.05, 3.63) is 35.1 Å². The number of hydrogen-bond donors (Lipinski definition) is 5. The van der Waals surface area contributed by atoms with Crippen molar-refractivity contribution in [3.63, 3.8) is 0 Å². The molecule has 1 fully saturated rings. The third kappa shape index (κ3) is 5.64. The lowest BCUT2D eigenvalue weighted by atomic mass is 9.54. The van der Waals surface area contributed by atoms with Crippen molar-refractivity contribution in [3.8, 4) is 11.5 Å². The summed E-state index contributed by atoms with van der Waals surface area (Å²) in [7, 11) is 1.92. The first kappa shape index (κ1) is 31.8. The number of ether oxygens (including phenoxy) is 3. The SMILES string of the molecule is Cc1ccc(O)c2c1[C@]13CCN(C)[C@H](C)[C@]1(O)CC=C(OC(=O)CCC(=O)O[C@@H](C)C(=O)N[C@H](CC(=O)O)C(=O)O)[C@@H]3O2. The first-order valence-electron chi connectivity index (χ1n) is 13.9. The van der Waals surface area contributed by atoms with Crippen molar-refractivity contribution < 1.29 is 58.6 Å². The Bertz CT molecular complexity index is 1380. The van der Waals surface area contributed by atoms with E-state index in [2.05, 4.69) is 0 Å². The van der Waals surface area contributed by atoms with Crippen molar-refractivity contribution in [2.75, 3.05) is 13.6 Å². The number of likely N-dealkylation sites (N-methyl/N-ethyl adjacent to an activating group) is 1. The van der Waals surface area contributed by atoms with Crippen LogP contribution in [0.25, 0.3) is 0 Å². The molecule has 234 valence electrons. The normalized spacial score (nSPS) is 27.2. The Morgan fingerprint density at radius 1 is 1.16 bits per heavy atom. The minimum absolute atomic E-state index is 0.0949. The van der Waals surface area contributed by atoms with Gasteiger partial charge in [0.15, 0.2) is 23.7 Å². The molecule has 43 heavy (non-hydrogen) atoms. The van der Waals surface area contributed by atoms with E-state index in [-0.39, 0.29) is 29.7 Å². The maximum Gasteiger partial charge on any atom is 0.326 e. The molecule has 1 aromatic rings. The van der Waals surface area contributed by atoms with Gasteiger partial charge < -0.3 is 44.9 Å². The molecule has 0 saturated carbocycles. The molecule has 2 heterocycles. The van der Waals surface area contributed by atoms with Crippen LogP contribution in [0.3, 0.4) is 0 Å². The molecular formula is C29H36N2O12. The Balaban J connectivity index is 1.43. The van der Waals surface area contributed by atoms with Gasteiger partial charge in [-0.05, 0) is 58.5 Å². The van der Waals surface area contributed by atoms with Crippen LogP contribution in [0, 0.1) is 6.92 Å². The lowest BCUT2D eigenvalue weighted by Gasteiger charge is -2.58. The molecule has 1 aromatic carbocycles. The zero-order valence-corrected chi connectivity index (χ0v) is 24.3. The number of hydrogen-bond acceptors (Lipinski definition) is 11. The van der Waals surface area contributed by atoms with Crippen LogP contribution in [-0.4, -0.2) is 98.6 Å². The monoisotopic (exact) mass is 604 g/mol. The van der Waals surface area contributed by atoms with Gasteiger partial charge in [-0.1, -0.05) is 6.07 Å². The van der Waals surface area contributed by atoms with E-state index in [1.807, 2.05) is 31.1 Å². The first-order valence-corrected chi connectivity index (χ1v) is 13.9. The summed E-state index contributed by atoms with van der Waals surface area (Å²) in [5.41, 5.74) is -0.838. The molecule has 2 aliphatic heterocycles. The molecule has 0 bridgehead atoms. The maximum atomic E-state index is 12.9. The van der Waals surface area contributed by atoms with E-state index in [1.54, 1.807) is 12.1 Å². The number of piperidine rings is 1. The van der Waals surface area contributed by atoms with Gasteiger partial charge in [-0.25, -0.2) is 4.79 Å². The zero-order chi connectivity index (χ0) is 31.9. The lowest BCUT2D eigenvalue weighted by Crippen LogP contribution is -2.71. The van der Waals surface area contributed by atoms with Gasteiger partial charge >= 0.3 is 23.9 Å². The maximum absolute atomic E-state index is 12.9. The van der Waals surface area contributed by atoms with Crippen molar-refractivity contribution >= 4 is 29.8 Å². The number of esters is 2. The van der Waals surface area contributed by atoms with Gasteiger partial charge in [0.1, 0.15) is 11.8 Å². The Morgan fingerprint density at radius 3 is 2.49 bits per heavy atom. The van der Waals surface area contributed by atoms with E-state index in [9.17, 15) is 34.2 Å². The topological polar surface area (TPSA) is 209 Å². The van der Waals surface area contributed by atoms with Gasteiger partial charge in [0.2, 0.25) is 0 Å². The fourth-order valence-electron chi connectivity index (χ4n) is 6.37. The number of rotatable bonds is 10. The summed E-state index contributed by atoms with van der Waals surface area (Å²) in [6.45, 7) is 5.57. The van der Waals surface area contributed by atoms with Gasteiger partial charge in [-0.2, -0.15) is 0 Å². The molecule has 1 spiro atoms. The number of aromatic hydroxyl groups is 1. The molecule has 0 radical (unpaired) electrons. The van der Waals surface area contributed by atoms with E-state index in [0.29, 0.717) is 18.5 Å². The highest BCUT2D eigenvalue weighted by Crippen LogP contribution is 2.62. The summed E-state index contributed by atoms with van der Waals surface area (Å²) in [5.74, 6) is -5.47. The van der Waals surface area contributed by atoms with Crippen LogP contribution >= 0.6 is 0 Å². The number of carbonyl (C=O) groups is 5. The van der Waals surface area contributed by atoms with E-state index < -0.39 is 78.3 Å². The van der Waals surface area contributed by atoms with Crippen LogP contribution < -0.4 is 10.1 Å². The molecule has 1 saturated heterocycles. The summed E-state index contributed by atoms with van der Waals surface area (Å²) in [6, 6.07) is 1.25. The average molecular weight is 605 g/mol. The predicted octanol–water partition coefficient (Wildman–Crippen LogP) is 0.741. The Kier molecular flexibility index (Phi) is 8.75. The Hall–Kier alpha value is -4.17. The van der Waals surface area contributed by atoms with Crippen LogP contribution in [0.4, 0.5) is 0 Å². The summed E-state index contributed by atoms with van der Waals surface area (Å²) in [4.78, 5) is 61.4. The van der Waals surface area contributed by atoms with Crippen molar-refractivity contribution in [2.45, 2.75) is 88.2 Å². The molecule has 0 unspecified atom stereocenters. The van der Waals surface area contributed by atoms with Crippen molar-refractivity contribution in [1.82, 2.24) is 10.2 Å². The van der Waals surface area contributed by atoms with Gasteiger partial charge in [0, 0.05) is 18.0 Å². The van der Waals surface area contributed by atoms with Crippen LogP contribution in [0.2, 0.25) is 0 Å². The summed E-state index contributed by atoms with van der Waals surface area (Å²) in [5, 5.41) is 42.7. The predicted molar refractivity (Wildman–Crippen MR) is 146 cm³/mol. The second-order valence-corrected chi connectivity index (χ2v) is 11.3. The molecule has 4 rings (SSSR count). The molecular weight excluding hydrogens is 568 g/mol. The number of benzene rings is 1. The highest BCUT2D eigenvalue weighted by Gasteiger charge is 2.69. The number of aliphatic hydroxyl groups is 1. The van der Waals surface area contributed by atoms with E-state index in [0.717, 1.165) is 5.56 Å². The van der Waals surface area contributed by atoms with Crippen LogP contribution in [0.5, 0.6) is 11.5 Å². The molecule has 1 amide bonds. The van der Waals surface area contributed by atoms with Gasteiger partial charge in [-0.15, -0.1) is 0 Å². The number of nitrogens with zero attached hydrogens (tertiary/aromatic N) is 1. The lowest BCUT2D eigenvalue weighted by molar-refractivity contribution is -0.163. The highest BCUT2D eigenvalue weighted by atomic mass is 16.6. The number of aliphatic carboxylic acids is 2. The van der Waals surface area contributed by atoms with E-state index in [1.165, 1.54) is 13.0 Å². The van der Waals surface area contributed by atoms with Crippen LogP contribution in [-0.2, 0) is 38.9 Å². The van der Waals surface area contributed by atoms with Crippen LogP contribution in [0.1, 0.15) is 57.1 Å². The number of phenols is 1. The first-order chi connectivity index (χ1) is 20.1. The number of carboxylic acids is 2. The number of amides is 1. The number of carbonyl (C=O) groups excluding carboxylic acids is 3. The second kappa shape index (κ2) is 11.8. The van der Waals surface area contributed by atoms with Gasteiger partial charge in [0.05, 0.1) is 30.3 Å². The summed E-state index contributed by atoms with van der Waals surface area (Å²) in [6.07, 6.45) is -1.94. The van der Waals surface area contributed by atoms with E-state index in [4.69, 9.17) is 24.4 Å². The highest BCUT2D eigenvalue weighted by molar-refractivity contribution is 5.90. The largest absolute Gasteiger partial charge is 0.504 e. The standard InChI is InChI=1S/C29H36N2O12/c1-14-5-6-18(32)24-23(14)28-11-12-31(4)16(3)29(28,40)10-9-19(25(28)43-24)42-22(36)8-7-21(35)41-15(2)26(37)30-17(27(38)39)13-20(33)34/h5-6,9,15-17,25,32,40H,7-8,10-13H2,1-4H3,(H,30,37)(H,33,34)(H,38,39)/t15-,16+,17+,25-,28-,29+/m0/s1. The molecule has 0 aromatic heterocycles. The smallest absolute Gasteiger partial charge is 0.326 e. The molecule has 1 aliphatic carbocycles. The fourth-order valence-corrected chi connectivity index (χ4v) is 6.37. The number of nitrogens with one attached hydrogen (secondary N) is 1. The number of likely N-dealkylation sites (tertiary alicyclic amines) is 1. The molecule has 3 aliphatic rings. The minimum Gasteiger partial charge on any atom is -0.504 e. The third-order valence-electron chi connectivity index (χ3n) is 8.77. The second-order valence-electron chi connectivity index (χ2n) is 11.3. The number of carboxylic acid groups (broad SMARTS) is 2. The third-order valence-corrected chi connectivity index (χ3v) is 8.77. The Morgan fingerprint density at radius 2 is 1.84 bits per heavy atom. The van der Waals surface area contributed by atoms with Crippen molar-refractivity contribution in [1.29, 1.82) is 0 Å². The molecule has 14 nitrogen and oxygen atoms in total. The molecule has 14 heteroatoms. The minimum atomic E-state index is -1.71. The number of fused-ring (bicyclic) bond motifs is 1. The zero-order valence-electron chi connectivity index (χ0n) is 24.3. The van der Waals surface area contributed by atoms with Gasteiger partial charge in [-0.3, -0.25) is 19.2 Å². The number of aryl methyl sites for hydroxylation is 1.